The molecule has 0 aliphatic carbocycles. The molecule has 2 aromatic heterocycles. The van der Waals surface area contributed by atoms with Crippen LogP contribution in [-0.4, -0.2) is 36.5 Å². The lowest BCUT2D eigenvalue weighted by atomic mass is 10.1. The average Bonchev–Trinajstić information content (AvgIpc) is 3.25. The third-order valence-corrected chi connectivity index (χ3v) is 4.91. The topological polar surface area (TPSA) is 145 Å². The van der Waals surface area contributed by atoms with Crippen molar-refractivity contribution in [2.45, 2.75) is 6.92 Å². The first-order chi connectivity index (χ1) is 14.3. The zero-order valence-electron chi connectivity index (χ0n) is 15.6. The van der Waals surface area contributed by atoms with Crippen LogP contribution in [0, 0.1) is 6.92 Å². The Morgan fingerprint density at radius 2 is 1.60 bits per heavy atom. The maximum Gasteiger partial charge on any atom is 0.262 e. The van der Waals surface area contributed by atoms with Gasteiger partial charge in [-0.05, 0) is 36.8 Å². The van der Waals surface area contributed by atoms with Crippen LogP contribution >= 0.6 is 0 Å². The number of aromatic nitrogens is 4. The fourth-order valence-corrected chi connectivity index (χ4v) is 3.56. The Labute approximate surface area is 168 Å². The first-order valence-corrected chi connectivity index (χ1v) is 8.93. The molecule has 30 heavy (non-hydrogen) atoms. The summed E-state index contributed by atoms with van der Waals surface area (Å²) < 4.78 is 0.992. The van der Waals surface area contributed by atoms with Crippen LogP contribution in [0.1, 0.15) is 26.3 Å². The molecule has 0 saturated carbocycles. The molecule has 1 aliphatic heterocycles. The molecule has 2 aromatic carbocycles. The number of fused-ring (bicyclic) bond motifs is 2. The highest BCUT2D eigenvalue weighted by Crippen LogP contribution is 2.33. The van der Waals surface area contributed by atoms with Crippen molar-refractivity contribution in [2.75, 3.05) is 5.73 Å². The number of aryl methyl sites for hydroxylation is 1. The van der Waals surface area contributed by atoms with Crippen molar-refractivity contribution in [3.63, 3.8) is 0 Å². The molecule has 5 rings (SSSR count). The number of carbonyl (C=O) groups excluding carboxylic acids is 2. The number of nitrogens with one attached hydrogen (secondary N) is 1. The predicted octanol–water partition coefficient (Wildman–Crippen LogP) is 1.05. The minimum absolute atomic E-state index is 0.0452. The number of hydrogen-bond donors (Lipinski definition) is 3. The number of anilines is 1. The number of rotatable bonds is 2. The SMILES string of the molecule is Cc1cc(-n2nc3ccccc3n2)c(O)c(-n2c(N)c3c(cc2=O)C(=O)NC3=O)c1. The van der Waals surface area contributed by atoms with Crippen LogP contribution in [0.15, 0.2) is 47.3 Å². The van der Waals surface area contributed by atoms with Gasteiger partial charge in [-0.3, -0.25) is 24.3 Å². The summed E-state index contributed by atoms with van der Waals surface area (Å²) >= 11 is 0. The van der Waals surface area contributed by atoms with Gasteiger partial charge in [0.25, 0.3) is 17.4 Å². The predicted molar refractivity (Wildman–Crippen MR) is 107 cm³/mol. The Bertz CT molecular complexity index is 1430. The Morgan fingerprint density at radius 3 is 2.27 bits per heavy atom. The number of nitrogens with zero attached hydrogens (tertiary/aromatic N) is 4. The molecule has 0 saturated heterocycles. The molecular weight excluding hydrogens is 388 g/mol. The Kier molecular flexibility index (Phi) is 3.53. The second-order valence-corrected chi connectivity index (χ2v) is 6.91. The number of aromatic hydroxyl groups is 1. The number of phenols is 1. The van der Waals surface area contributed by atoms with Gasteiger partial charge in [-0.1, -0.05) is 12.1 Å². The fourth-order valence-electron chi connectivity index (χ4n) is 3.56. The minimum atomic E-state index is -0.700. The lowest BCUT2D eigenvalue weighted by Gasteiger charge is -2.16. The van der Waals surface area contributed by atoms with Gasteiger partial charge in [-0.15, -0.1) is 15.0 Å². The molecule has 10 nitrogen and oxygen atoms in total. The highest BCUT2D eigenvalue weighted by atomic mass is 16.3. The fraction of sp³-hybridized carbons (Fsp3) is 0.0500. The van der Waals surface area contributed by atoms with Crippen molar-refractivity contribution >= 4 is 28.7 Å². The van der Waals surface area contributed by atoms with Crippen LogP contribution in [0.4, 0.5) is 5.82 Å². The Balaban J connectivity index is 1.78. The summed E-state index contributed by atoms with van der Waals surface area (Å²) in [7, 11) is 0. The number of nitrogen functional groups attached to an aromatic ring is 1. The summed E-state index contributed by atoms with van der Waals surface area (Å²) in [4.78, 5) is 38.0. The summed E-state index contributed by atoms with van der Waals surface area (Å²) in [5.41, 5.74) is 7.45. The highest BCUT2D eigenvalue weighted by Gasteiger charge is 2.32. The van der Waals surface area contributed by atoms with E-state index in [1.54, 1.807) is 31.2 Å². The molecule has 0 radical (unpaired) electrons. The lowest BCUT2D eigenvalue weighted by molar-refractivity contribution is 0.0880. The van der Waals surface area contributed by atoms with Crippen molar-refractivity contribution in [1.29, 1.82) is 0 Å². The summed E-state index contributed by atoms with van der Waals surface area (Å²) in [5, 5.41) is 21.8. The van der Waals surface area contributed by atoms with Gasteiger partial charge in [0, 0.05) is 6.07 Å². The number of phenolic OH excluding ortho intramolecular Hbond substituents is 1. The number of pyridine rings is 1. The van der Waals surface area contributed by atoms with Gasteiger partial charge in [0.2, 0.25) is 0 Å². The smallest absolute Gasteiger partial charge is 0.262 e. The van der Waals surface area contributed by atoms with Gasteiger partial charge in [0.1, 0.15) is 22.5 Å². The third-order valence-electron chi connectivity index (χ3n) is 4.91. The summed E-state index contributed by atoms with van der Waals surface area (Å²) in [6, 6.07) is 11.4. The largest absolute Gasteiger partial charge is 0.504 e. The maximum atomic E-state index is 12.7. The average molecular weight is 402 g/mol. The second-order valence-electron chi connectivity index (χ2n) is 6.91. The van der Waals surface area contributed by atoms with E-state index in [1.165, 1.54) is 4.80 Å². The standard InChI is InChI=1S/C20H14N6O4/c1-9-6-13(25-15(27)8-10-16(18(25)21)20(30)22-19(10)29)17(28)14(7-9)26-23-11-4-2-3-5-12(11)24-26/h2-8,28H,21H2,1H3,(H,22,29,30). The molecular formula is C20H14N6O4. The van der Waals surface area contributed by atoms with Gasteiger partial charge in [-0.25, -0.2) is 0 Å². The van der Waals surface area contributed by atoms with Crippen LogP contribution in [0.2, 0.25) is 0 Å². The van der Waals surface area contributed by atoms with Crippen molar-refractivity contribution in [3.05, 3.63) is 69.5 Å². The first kappa shape index (κ1) is 17.6. The van der Waals surface area contributed by atoms with Crippen LogP contribution in [0.3, 0.4) is 0 Å². The van der Waals surface area contributed by atoms with E-state index < -0.39 is 17.4 Å². The third kappa shape index (κ3) is 2.40. The monoisotopic (exact) mass is 402 g/mol. The Morgan fingerprint density at radius 1 is 0.967 bits per heavy atom. The highest BCUT2D eigenvalue weighted by molar-refractivity contribution is 6.23. The van der Waals surface area contributed by atoms with Crippen molar-refractivity contribution in [2.24, 2.45) is 0 Å². The maximum absolute atomic E-state index is 12.7. The molecule has 2 amide bonds. The molecule has 148 valence electrons. The van der Waals surface area contributed by atoms with Gasteiger partial charge in [0.15, 0.2) is 5.75 Å². The van der Waals surface area contributed by atoms with Gasteiger partial charge in [0.05, 0.1) is 16.8 Å². The zero-order valence-corrected chi connectivity index (χ0v) is 15.6. The molecule has 10 heteroatoms. The summed E-state index contributed by atoms with van der Waals surface area (Å²) in [6.07, 6.45) is 0. The van der Waals surface area contributed by atoms with E-state index in [-0.39, 0.29) is 34.1 Å². The van der Waals surface area contributed by atoms with Crippen LogP contribution < -0.4 is 16.6 Å². The number of carbonyl (C=O) groups is 2. The molecule has 4 aromatic rings. The van der Waals surface area contributed by atoms with E-state index in [0.717, 1.165) is 10.6 Å². The van der Waals surface area contributed by atoms with Gasteiger partial charge < -0.3 is 10.8 Å². The van der Waals surface area contributed by atoms with E-state index in [4.69, 9.17) is 5.73 Å². The van der Waals surface area contributed by atoms with E-state index >= 15 is 0 Å². The normalized spacial score (nSPS) is 13.0. The quantitative estimate of drug-likeness (QED) is 0.425. The van der Waals surface area contributed by atoms with Crippen molar-refractivity contribution < 1.29 is 14.7 Å². The molecule has 1 aliphatic rings. The van der Waals surface area contributed by atoms with Gasteiger partial charge >= 0.3 is 0 Å². The van der Waals surface area contributed by atoms with Crippen LogP contribution in [-0.2, 0) is 0 Å². The molecule has 3 heterocycles. The number of amides is 2. The molecule has 0 spiro atoms. The molecule has 4 N–H and O–H groups in total. The molecule has 0 atom stereocenters. The van der Waals surface area contributed by atoms with E-state index in [9.17, 15) is 19.5 Å². The second kappa shape index (κ2) is 6.01. The number of hydrogen-bond acceptors (Lipinski definition) is 7. The first-order valence-electron chi connectivity index (χ1n) is 8.93. The number of imide groups is 1. The molecule has 0 fully saturated rings. The van der Waals surface area contributed by atoms with E-state index in [1.807, 2.05) is 12.1 Å². The van der Waals surface area contributed by atoms with Gasteiger partial charge in [-0.2, -0.15) is 0 Å². The van der Waals surface area contributed by atoms with Crippen LogP contribution in [0.5, 0.6) is 5.75 Å². The van der Waals surface area contributed by atoms with E-state index in [0.29, 0.717) is 16.6 Å². The summed E-state index contributed by atoms with van der Waals surface area (Å²) in [6.45, 7) is 1.76. The van der Waals surface area contributed by atoms with Crippen LogP contribution in [0.25, 0.3) is 22.4 Å². The molecule has 0 unspecified atom stereocenters. The zero-order chi connectivity index (χ0) is 21.2. The summed E-state index contributed by atoms with van der Waals surface area (Å²) in [5.74, 6) is -1.94. The lowest BCUT2D eigenvalue weighted by Crippen LogP contribution is -2.24. The Hall–Kier alpha value is -4.47. The molecule has 0 bridgehead atoms. The number of benzene rings is 2. The van der Waals surface area contributed by atoms with E-state index in [2.05, 4.69) is 15.5 Å². The minimum Gasteiger partial charge on any atom is -0.504 e. The number of nitrogens with two attached hydrogens (primary N) is 1. The van der Waals surface area contributed by atoms with Crippen molar-refractivity contribution in [3.8, 4) is 17.1 Å². The van der Waals surface area contributed by atoms with Crippen molar-refractivity contribution in [1.82, 2.24) is 24.9 Å².